The van der Waals surface area contributed by atoms with Crippen LogP contribution in [0.5, 0.6) is 0 Å². The largest absolute Gasteiger partial charge is 0.453 e. The van der Waals surface area contributed by atoms with E-state index in [4.69, 9.17) is 4.42 Å². The maximum Gasteiger partial charge on any atom is 0.169 e. The Morgan fingerprint density at radius 3 is 2.10 bits per heavy atom. The van der Waals surface area contributed by atoms with Crippen molar-refractivity contribution in [3.63, 3.8) is 0 Å². The van der Waals surface area contributed by atoms with Crippen LogP contribution in [0.3, 0.4) is 0 Å². The van der Waals surface area contributed by atoms with Crippen LogP contribution >= 0.6 is 31.9 Å². The molecule has 0 spiro atoms. The summed E-state index contributed by atoms with van der Waals surface area (Å²) in [7, 11) is 0. The van der Waals surface area contributed by atoms with Gasteiger partial charge in [0.15, 0.2) is 4.67 Å². The summed E-state index contributed by atoms with van der Waals surface area (Å²) in [6.07, 6.45) is 0. The van der Waals surface area contributed by atoms with E-state index in [1.807, 2.05) is 12.1 Å². The summed E-state index contributed by atoms with van der Waals surface area (Å²) >= 11 is 7.14. The van der Waals surface area contributed by atoms with E-state index in [1.165, 1.54) is 16.7 Å². The first-order valence-corrected chi connectivity index (χ1v) is 8.64. The molecule has 1 heterocycles. The van der Waals surface area contributed by atoms with Crippen molar-refractivity contribution in [2.24, 2.45) is 0 Å². The highest BCUT2D eigenvalue weighted by atomic mass is 79.9. The molecule has 1 atom stereocenters. The van der Waals surface area contributed by atoms with Crippen LogP contribution in [0.25, 0.3) is 0 Å². The van der Waals surface area contributed by atoms with E-state index in [0.717, 1.165) is 10.4 Å². The van der Waals surface area contributed by atoms with Gasteiger partial charge >= 0.3 is 0 Å². The predicted molar refractivity (Wildman–Crippen MR) is 91.8 cm³/mol. The van der Waals surface area contributed by atoms with Gasteiger partial charge in [0.25, 0.3) is 0 Å². The molecule has 0 N–H and O–H groups in total. The lowest BCUT2D eigenvalue weighted by molar-refractivity contribution is 0.496. The van der Waals surface area contributed by atoms with Crippen molar-refractivity contribution in [2.75, 3.05) is 0 Å². The van der Waals surface area contributed by atoms with Crippen LogP contribution in [0, 0.1) is 0 Å². The Morgan fingerprint density at radius 2 is 1.60 bits per heavy atom. The van der Waals surface area contributed by atoms with Crippen LogP contribution in [-0.2, 0) is 0 Å². The topological polar surface area (TPSA) is 13.1 Å². The van der Waals surface area contributed by atoms with Crippen LogP contribution in [-0.4, -0.2) is 0 Å². The van der Waals surface area contributed by atoms with Gasteiger partial charge in [0, 0.05) is 0 Å². The second-order valence-corrected chi connectivity index (χ2v) is 7.40. The molecule has 0 fully saturated rings. The number of furan rings is 1. The molecule has 0 saturated heterocycles. The van der Waals surface area contributed by atoms with E-state index < -0.39 is 0 Å². The molecule has 0 aliphatic heterocycles. The second kappa shape index (κ2) is 6.48. The van der Waals surface area contributed by atoms with E-state index in [1.54, 1.807) is 0 Å². The second-order valence-electron chi connectivity index (χ2n) is 5.70. The van der Waals surface area contributed by atoms with Gasteiger partial charge in [-0.2, -0.15) is 0 Å². The maximum atomic E-state index is 5.68. The first kappa shape index (κ1) is 15.8. The molecule has 1 aromatic heterocycles. The fourth-order valence-corrected chi connectivity index (χ4v) is 3.28. The minimum atomic E-state index is 0.0902. The van der Waals surface area contributed by atoms with Crippen molar-refractivity contribution in [3.8, 4) is 0 Å². The smallest absolute Gasteiger partial charge is 0.169 e. The average Bonchev–Trinajstić information content (AvgIpc) is 2.83. The Hall–Kier alpha value is -0.540. The Morgan fingerprint density at radius 1 is 0.900 bits per heavy atom. The number of halogens is 2. The number of alkyl halides is 1. The molecule has 2 rings (SSSR count). The molecule has 1 unspecified atom stereocenters. The van der Waals surface area contributed by atoms with E-state index in [-0.39, 0.29) is 4.83 Å². The highest BCUT2D eigenvalue weighted by molar-refractivity contribution is 9.10. The summed E-state index contributed by atoms with van der Waals surface area (Å²) in [6.45, 7) is 8.93. The zero-order valence-electron chi connectivity index (χ0n) is 12.3. The molecule has 1 aromatic carbocycles. The summed E-state index contributed by atoms with van der Waals surface area (Å²) in [5.74, 6) is 1.96. The van der Waals surface area contributed by atoms with Gasteiger partial charge in [-0.25, -0.2) is 0 Å². The van der Waals surface area contributed by atoms with E-state index in [9.17, 15) is 0 Å². The maximum absolute atomic E-state index is 5.68. The Kier molecular flexibility index (Phi) is 5.14. The van der Waals surface area contributed by atoms with Crippen LogP contribution in [0.1, 0.15) is 66.8 Å². The third kappa shape index (κ3) is 3.37. The Bertz CT molecular complexity index is 584. The Balaban J connectivity index is 2.45. The monoisotopic (exact) mass is 398 g/mol. The molecule has 108 valence electrons. The minimum Gasteiger partial charge on any atom is -0.453 e. The first-order valence-electron chi connectivity index (χ1n) is 6.93. The van der Waals surface area contributed by atoms with Gasteiger partial charge in [-0.1, -0.05) is 61.8 Å². The molecule has 0 aliphatic carbocycles. The number of benzene rings is 1. The van der Waals surface area contributed by atoms with Crippen LogP contribution in [0.15, 0.2) is 39.4 Å². The molecule has 1 nitrogen and oxygen atoms in total. The van der Waals surface area contributed by atoms with Gasteiger partial charge in [0.1, 0.15) is 5.76 Å². The van der Waals surface area contributed by atoms with Crippen molar-refractivity contribution in [3.05, 3.63) is 57.5 Å². The van der Waals surface area contributed by atoms with Gasteiger partial charge in [-0.15, -0.1) is 0 Å². The quantitative estimate of drug-likeness (QED) is 0.516. The predicted octanol–water partition coefficient (Wildman–Crippen LogP) is 6.77. The molecule has 0 amide bonds. The van der Waals surface area contributed by atoms with Crippen LogP contribution in [0.2, 0.25) is 0 Å². The SMILES string of the molecule is CC(C)c1ccc(C(Br)c2ccc(Br)o2)c(C(C)C)c1. The van der Waals surface area contributed by atoms with Crippen molar-refractivity contribution >= 4 is 31.9 Å². The first-order chi connectivity index (χ1) is 9.40. The molecular formula is C17H20Br2O. The summed E-state index contributed by atoms with van der Waals surface area (Å²) in [4.78, 5) is 0.0902. The molecular weight excluding hydrogens is 380 g/mol. The number of hydrogen-bond donors (Lipinski definition) is 0. The zero-order chi connectivity index (χ0) is 14.9. The van der Waals surface area contributed by atoms with Gasteiger partial charge in [0.05, 0.1) is 4.83 Å². The highest BCUT2D eigenvalue weighted by Crippen LogP contribution is 2.38. The normalized spacial score (nSPS) is 13.2. The van der Waals surface area contributed by atoms with Gasteiger partial charge in [0.2, 0.25) is 0 Å². The van der Waals surface area contributed by atoms with Crippen molar-refractivity contribution < 1.29 is 4.42 Å². The molecule has 0 bridgehead atoms. The van der Waals surface area contributed by atoms with E-state index in [0.29, 0.717) is 11.8 Å². The van der Waals surface area contributed by atoms with Gasteiger partial charge in [-0.3, -0.25) is 0 Å². The lowest BCUT2D eigenvalue weighted by atomic mass is 9.90. The molecule has 0 aliphatic rings. The fraction of sp³-hybridized carbons (Fsp3) is 0.412. The van der Waals surface area contributed by atoms with Crippen LogP contribution < -0.4 is 0 Å². The average molecular weight is 400 g/mol. The summed E-state index contributed by atoms with van der Waals surface area (Å²) < 4.78 is 6.45. The summed E-state index contributed by atoms with van der Waals surface area (Å²) in [6, 6.07) is 10.7. The summed E-state index contributed by atoms with van der Waals surface area (Å²) in [5, 5.41) is 0. The molecule has 3 heteroatoms. The minimum absolute atomic E-state index is 0.0902. The fourth-order valence-electron chi connectivity index (χ4n) is 2.30. The third-order valence-electron chi connectivity index (χ3n) is 3.52. The lowest BCUT2D eigenvalue weighted by Crippen LogP contribution is -2.02. The number of rotatable bonds is 4. The molecule has 20 heavy (non-hydrogen) atoms. The van der Waals surface area contributed by atoms with Crippen molar-refractivity contribution in [1.29, 1.82) is 0 Å². The Labute approximate surface area is 138 Å². The van der Waals surface area contributed by atoms with E-state index in [2.05, 4.69) is 77.8 Å². The van der Waals surface area contributed by atoms with Crippen LogP contribution in [0.4, 0.5) is 0 Å². The van der Waals surface area contributed by atoms with Crippen molar-refractivity contribution in [1.82, 2.24) is 0 Å². The lowest BCUT2D eigenvalue weighted by Gasteiger charge is -2.19. The zero-order valence-corrected chi connectivity index (χ0v) is 15.5. The molecule has 0 saturated carbocycles. The molecule has 0 radical (unpaired) electrons. The standard InChI is InChI=1S/C17H20Br2O/c1-10(2)12-5-6-13(14(9-12)11(3)4)17(19)15-7-8-16(18)20-15/h5-11,17H,1-4H3. The third-order valence-corrected chi connectivity index (χ3v) is 4.89. The van der Waals surface area contributed by atoms with E-state index >= 15 is 0 Å². The molecule has 2 aromatic rings. The van der Waals surface area contributed by atoms with Crippen molar-refractivity contribution in [2.45, 2.75) is 44.4 Å². The van der Waals surface area contributed by atoms with Gasteiger partial charge < -0.3 is 4.42 Å². The highest BCUT2D eigenvalue weighted by Gasteiger charge is 2.20. The van der Waals surface area contributed by atoms with Gasteiger partial charge in [-0.05, 0) is 56.6 Å². The number of hydrogen-bond acceptors (Lipinski definition) is 1. The summed E-state index contributed by atoms with van der Waals surface area (Å²) in [5.41, 5.74) is 4.05.